The second-order valence-corrected chi connectivity index (χ2v) is 5.88. The van der Waals surface area contributed by atoms with Crippen LogP contribution >= 0.6 is 11.8 Å². The molecule has 1 aliphatic rings. The predicted molar refractivity (Wildman–Crippen MR) is 72.7 cm³/mol. The minimum Gasteiger partial charge on any atom is -0.300 e. The van der Waals surface area contributed by atoms with Gasteiger partial charge in [-0.25, -0.2) is 0 Å². The molecule has 0 atom stereocenters. The minimum absolute atomic E-state index is 0.399. The van der Waals surface area contributed by atoms with Gasteiger partial charge in [0.1, 0.15) is 10.8 Å². The standard InChI is InChI=1S/C14H14N2OS/c17-11-5-7-12(8-6-11)18-14-13-4-2-1-3-10(13)9-15-16-14/h1-4,9,12H,5-8H2. The van der Waals surface area contributed by atoms with Crippen LogP contribution < -0.4 is 0 Å². The molecule has 1 aromatic heterocycles. The summed E-state index contributed by atoms with van der Waals surface area (Å²) in [7, 11) is 0. The van der Waals surface area contributed by atoms with Crippen molar-refractivity contribution >= 4 is 28.3 Å². The van der Waals surface area contributed by atoms with Crippen molar-refractivity contribution in [2.24, 2.45) is 0 Å². The SMILES string of the molecule is O=C1CCC(Sc2nncc3ccccc23)CC1. The molecule has 18 heavy (non-hydrogen) atoms. The number of fused-ring (bicyclic) bond motifs is 1. The van der Waals surface area contributed by atoms with E-state index in [1.54, 1.807) is 18.0 Å². The van der Waals surface area contributed by atoms with Crippen LogP contribution in [0.2, 0.25) is 0 Å². The van der Waals surface area contributed by atoms with Crippen molar-refractivity contribution in [3.63, 3.8) is 0 Å². The summed E-state index contributed by atoms with van der Waals surface area (Å²) in [4.78, 5) is 11.2. The number of thioether (sulfide) groups is 1. The fourth-order valence-corrected chi connectivity index (χ4v) is 3.47. The van der Waals surface area contributed by atoms with E-state index in [1.165, 1.54) is 0 Å². The summed E-state index contributed by atoms with van der Waals surface area (Å²) in [5.41, 5.74) is 0. The molecule has 0 bridgehead atoms. The highest BCUT2D eigenvalue weighted by molar-refractivity contribution is 8.00. The Morgan fingerprint density at radius 3 is 2.78 bits per heavy atom. The molecule has 1 heterocycles. The van der Waals surface area contributed by atoms with Gasteiger partial charge in [-0.15, -0.1) is 16.9 Å². The third-order valence-corrected chi connectivity index (χ3v) is 4.63. The van der Waals surface area contributed by atoms with Gasteiger partial charge in [0.15, 0.2) is 0 Å². The van der Waals surface area contributed by atoms with Crippen LogP contribution in [0, 0.1) is 0 Å². The van der Waals surface area contributed by atoms with Crippen molar-refractivity contribution in [2.75, 3.05) is 0 Å². The molecule has 0 N–H and O–H groups in total. The first kappa shape index (κ1) is 11.7. The number of ketones is 1. The van der Waals surface area contributed by atoms with E-state index in [2.05, 4.69) is 22.3 Å². The molecular weight excluding hydrogens is 244 g/mol. The van der Waals surface area contributed by atoms with E-state index in [4.69, 9.17) is 0 Å². The average molecular weight is 258 g/mol. The topological polar surface area (TPSA) is 42.9 Å². The van der Waals surface area contributed by atoms with E-state index >= 15 is 0 Å². The average Bonchev–Trinajstić information content (AvgIpc) is 2.42. The predicted octanol–water partition coefficient (Wildman–Crippen LogP) is 3.23. The van der Waals surface area contributed by atoms with E-state index < -0.39 is 0 Å². The van der Waals surface area contributed by atoms with Crippen molar-refractivity contribution in [3.05, 3.63) is 30.5 Å². The third kappa shape index (κ3) is 2.38. The quantitative estimate of drug-likeness (QED) is 0.829. The fourth-order valence-electron chi connectivity index (χ4n) is 2.28. The molecule has 1 saturated carbocycles. The first-order chi connectivity index (χ1) is 8.83. The van der Waals surface area contributed by atoms with Gasteiger partial charge in [-0.05, 0) is 12.8 Å². The second kappa shape index (κ2) is 5.06. The van der Waals surface area contributed by atoms with Crippen molar-refractivity contribution in [2.45, 2.75) is 36.0 Å². The molecule has 1 fully saturated rings. The number of nitrogens with zero attached hydrogens (tertiary/aromatic N) is 2. The molecule has 1 aromatic carbocycles. The van der Waals surface area contributed by atoms with Crippen molar-refractivity contribution in [1.29, 1.82) is 0 Å². The summed E-state index contributed by atoms with van der Waals surface area (Å²) < 4.78 is 0. The molecule has 0 saturated heterocycles. The molecule has 0 aliphatic heterocycles. The van der Waals surface area contributed by atoms with Gasteiger partial charge in [0.2, 0.25) is 0 Å². The Hall–Kier alpha value is -1.42. The number of benzene rings is 1. The van der Waals surface area contributed by atoms with Gasteiger partial charge in [0.05, 0.1) is 6.20 Å². The number of carbonyl (C=O) groups excluding carboxylic acids is 1. The van der Waals surface area contributed by atoms with E-state index in [0.717, 1.165) is 41.5 Å². The molecule has 0 radical (unpaired) electrons. The second-order valence-electron chi connectivity index (χ2n) is 4.59. The molecule has 0 unspecified atom stereocenters. The Kier molecular flexibility index (Phi) is 3.28. The first-order valence-corrected chi connectivity index (χ1v) is 7.10. The summed E-state index contributed by atoms with van der Waals surface area (Å²) in [6.07, 6.45) is 5.16. The Balaban J connectivity index is 1.84. The van der Waals surface area contributed by atoms with Crippen LogP contribution in [0.4, 0.5) is 0 Å². The van der Waals surface area contributed by atoms with Gasteiger partial charge in [0.25, 0.3) is 0 Å². The van der Waals surface area contributed by atoms with Crippen LogP contribution in [0.15, 0.2) is 35.5 Å². The molecular formula is C14H14N2OS. The molecule has 4 heteroatoms. The van der Waals surface area contributed by atoms with Gasteiger partial charge in [-0.1, -0.05) is 24.3 Å². The van der Waals surface area contributed by atoms with Gasteiger partial charge in [-0.3, -0.25) is 4.79 Å². The van der Waals surface area contributed by atoms with E-state index in [1.807, 2.05) is 12.1 Å². The monoisotopic (exact) mass is 258 g/mol. The van der Waals surface area contributed by atoms with E-state index in [-0.39, 0.29) is 0 Å². The summed E-state index contributed by atoms with van der Waals surface area (Å²) in [6, 6.07) is 8.18. The number of aromatic nitrogens is 2. The molecule has 2 aromatic rings. The zero-order valence-corrected chi connectivity index (χ0v) is 10.8. The zero-order chi connectivity index (χ0) is 12.4. The van der Waals surface area contributed by atoms with Crippen LogP contribution in [-0.2, 0) is 4.79 Å². The molecule has 0 amide bonds. The Morgan fingerprint density at radius 2 is 1.94 bits per heavy atom. The Bertz CT molecular complexity index is 570. The lowest BCUT2D eigenvalue weighted by Crippen LogP contribution is -2.15. The van der Waals surface area contributed by atoms with Crippen molar-refractivity contribution in [1.82, 2.24) is 10.2 Å². The van der Waals surface area contributed by atoms with Gasteiger partial charge >= 0.3 is 0 Å². The van der Waals surface area contributed by atoms with Crippen molar-refractivity contribution in [3.8, 4) is 0 Å². The summed E-state index contributed by atoms with van der Waals surface area (Å²) in [5, 5.41) is 12.1. The molecule has 3 nitrogen and oxygen atoms in total. The van der Waals surface area contributed by atoms with Gasteiger partial charge < -0.3 is 0 Å². The fraction of sp³-hybridized carbons (Fsp3) is 0.357. The summed E-state index contributed by atoms with van der Waals surface area (Å²) in [6.45, 7) is 0. The van der Waals surface area contributed by atoms with Crippen LogP contribution in [0.1, 0.15) is 25.7 Å². The summed E-state index contributed by atoms with van der Waals surface area (Å²) >= 11 is 1.77. The largest absolute Gasteiger partial charge is 0.300 e. The lowest BCUT2D eigenvalue weighted by molar-refractivity contribution is -0.120. The number of carbonyl (C=O) groups is 1. The van der Waals surface area contributed by atoms with Crippen molar-refractivity contribution < 1.29 is 4.79 Å². The summed E-state index contributed by atoms with van der Waals surface area (Å²) in [5.74, 6) is 0.399. The van der Waals surface area contributed by atoms with E-state index in [0.29, 0.717) is 11.0 Å². The number of Topliss-reactive ketones (excluding diaryl/α,β-unsaturated/α-hetero) is 1. The third-order valence-electron chi connectivity index (χ3n) is 3.31. The number of rotatable bonds is 2. The van der Waals surface area contributed by atoms with Crippen LogP contribution in [0.3, 0.4) is 0 Å². The highest BCUT2D eigenvalue weighted by atomic mass is 32.2. The first-order valence-electron chi connectivity index (χ1n) is 6.22. The van der Waals surface area contributed by atoms with Gasteiger partial charge in [0, 0.05) is 28.9 Å². The number of hydrogen-bond acceptors (Lipinski definition) is 4. The highest BCUT2D eigenvalue weighted by Crippen LogP contribution is 2.34. The van der Waals surface area contributed by atoms with Gasteiger partial charge in [-0.2, -0.15) is 5.10 Å². The maximum absolute atomic E-state index is 11.2. The Labute approximate surface area is 110 Å². The van der Waals surface area contributed by atoms with Crippen LogP contribution in [-0.4, -0.2) is 21.2 Å². The lowest BCUT2D eigenvalue weighted by atomic mass is 9.99. The highest BCUT2D eigenvalue weighted by Gasteiger charge is 2.20. The van der Waals surface area contributed by atoms with Crippen LogP contribution in [0.25, 0.3) is 10.8 Å². The minimum atomic E-state index is 0.399. The maximum Gasteiger partial charge on any atom is 0.132 e. The Morgan fingerprint density at radius 1 is 1.17 bits per heavy atom. The zero-order valence-electron chi connectivity index (χ0n) is 10.0. The van der Waals surface area contributed by atoms with Crippen LogP contribution in [0.5, 0.6) is 0 Å². The molecule has 1 aliphatic carbocycles. The molecule has 0 spiro atoms. The molecule has 3 rings (SSSR count). The maximum atomic E-state index is 11.2. The lowest BCUT2D eigenvalue weighted by Gasteiger charge is -2.20. The number of hydrogen-bond donors (Lipinski definition) is 0. The molecule has 92 valence electrons. The van der Waals surface area contributed by atoms with E-state index in [9.17, 15) is 4.79 Å². The normalized spacial score (nSPS) is 17.2. The smallest absolute Gasteiger partial charge is 0.132 e.